The highest BCUT2D eigenvalue weighted by atomic mass is 32.2. The van der Waals surface area contributed by atoms with Gasteiger partial charge in [-0.3, -0.25) is 0 Å². The second-order valence-corrected chi connectivity index (χ2v) is 5.52. The highest BCUT2D eigenvalue weighted by molar-refractivity contribution is 7.99. The summed E-state index contributed by atoms with van der Waals surface area (Å²) in [5.74, 6) is -0.360. The van der Waals surface area contributed by atoms with Crippen molar-refractivity contribution in [2.45, 2.75) is 30.8 Å². The molecule has 0 aliphatic heterocycles. The van der Waals surface area contributed by atoms with Crippen LogP contribution in [-0.4, -0.2) is 22.5 Å². The van der Waals surface area contributed by atoms with Crippen molar-refractivity contribution in [3.05, 3.63) is 41.2 Å². The molecule has 2 rings (SSSR count). The Labute approximate surface area is 127 Å². The van der Waals surface area contributed by atoms with Crippen LogP contribution in [0.3, 0.4) is 0 Å². The zero-order valence-electron chi connectivity index (χ0n) is 12.2. The summed E-state index contributed by atoms with van der Waals surface area (Å²) in [6.07, 6.45) is 0. The molecule has 0 unspecified atom stereocenters. The Morgan fingerprint density at radius 1 is 1.24 bits per heavy atom. The van der Waals surface area contributed by atoms with Crippen LogP contribution in [0.25, 0.3) is 0 Å². The summed E-state index contributed by atoms with van der Waals surface area (Å²) in [5.41, 5.74) is 8.80. The number of hydrogen-bond acceptors (Lipinski definition) is 6. The van der Waals surface area contributed by atoms with E-state index in [1.807, 2.05) is 19.9 Å². The Hall–Kier alpha value is -2.08. The van der Waals surface area contributed by atoms with Gasteiger partial charge in [0.05, 0.1) is 12.2 Å². The van der Waals surface area contributed by atoms with Crippen molar-refractivity contribution in [1.82, 2.24) is 9.97 Å². The van der Waals surface area contributed by atoms with Crippen LogP contribution in [-0.2, 0) is 4.74 Å². The number of aromatic nitrogens is 2. The van der Waals surface area contributed by atoms with Crippen molar-refractivity contribution >= 4 is 23.4 Å². The van der Waals surface area contributed by atoms with E-state index in [1.165, 1.54) is 11.8 Å². The van der Waals surface area contributed by atoms with Crippen molar-refractivity contribution in [3.63, 3.8) is 0 Å². The third-order valence-electron chi connectivity index (χ3n) is 2.69. The highest BCUT2D eigenvalue weighted by Gasteiger charge is 2.11. The van der Waals surface area contributed by atoms with Crippen LogP contribution in [0.1, 0.15) is 28.7 Å². The van der Waals surface area contributed by atoms with E-state index in [2.05, 4.69) is 9.97 Å². The van der Waals surface area contributed by atoms with Crippen LogP contribution in [0.5, 0.6) is 0 Å². The second-order valence-electron chi connectivity index (χ2n) is 4.51. The molecule has 0 spiro atoms. The van der Waals surface area contributed by atoms with Gasteiger partial charge in [-0.1, -0.05) is 0 Å². The Bertz CT molecular complexity index is 654. The third-order valence-corrected chi connectivity index (χ3v) is 3.63. The molecular weight excluding hydrogens is 286 g/mol. The molecule has 21 heavy (non-hydrogen) atoms. The summed E-state index contributed by atoms with van der Waals surface area (Å²) in [6.45, 7) is 5.94. The number of ether oxygens (including phenoxy) is 1. The summed E-state index contributed by atoms with van der Waals surface area (Å²) < 4.78 is 4.99. The Kier molecular flexibility index (Phi) is 4.80. The van der Waals surface area contributed by atoms with Gasteiger partial charge in [-0.05, 0) is 56.8 Å². The summed E-state index contributed by atoms with van der Waals surface area (Å²) in [6, 6.07) is 6.96. The van der Waals surface area contributed by atoms with Gasteiger partial charge in [0.25, 0.3) is 0 Å². The van der Waals surface area contributed by atoms with Crippen molar-refractivity contribution < 1.29 is 9.53 Å². The average molecular weight is 303 g/mol. The molecular formula is C15H17N3O2S. The van der Waals surface area contributed by atoms with Gasteiger partial charge in [0.15, 0.2) is 5.16 Å². The summed E-state index contributed by atoms with van der Waals surface area (Å²) in [4.78, 5) is 21.2. The van der Waals surface area contributed by atoms with Crippen LogP contribution in [0.4, 0.5) is 5.69 Å². The lowest BCUT2D eigenvalue weighted by atomic mass is 10.2. The van der Waals surface area contributed by atoms with E-state index in [-0.39, 0.29) is 5.97 Å². The molecule has 0 saturated heterocycles. The van der Waals surface area contributed by atoms with Gasteiger partial charge in [-0.15, -0.1) is 0 Å². The van der Waals surface area contributed by atoms with Gasteiger partial charge in [0, 0.05) is 22.0 Å². The Morgan fingerprint density at radius 3 is 2.52 bits per heavy atom. The lowest BCUT2D eigenvalue weighted by Crippen LogP contribution is -2.05. The first kappa shape index (κ1) is 15.3. The van der Waals surface area contributed by atoms with E-state index in [1.54, 1.807) is 25.1 Å². The normalized spacial score (nSPS) is 10.4. The van der Waals surface area contributed by atoms with Crippen molar-refractivity contribution in [3.8, 4) is 0 Å². The molecule has 0 aliphatic rings. The first-order valence-corrected chi connectivity index (χ1v) is 7.38. The van der Waals surface area contributed by atoms with E-state index in [9.17, 15) is 4.79 Å². The lowest BCUT2D eigenvalue weighted by molar-refractivity contribution is 0.0526. The zero-order valence-corrected chi connectivity index (χ0v) is 13.0. The molecule has 0 saturated carbocycles. The maximum Gasteiger partial charge on any atom is 0.338 e. The second kappa shape index (κ2) is 6.58. The molecule has 1 aromatic carbocycles. The van der Waals surface area contributed by atoms with Crippen LogP contribution in [0, 0.1) is 13.8 Å². The zero-order chi connectivity index (χ0) is 15.4. The number of nitrogen functional groups attached to an aromatic ring is 1. The monoisotopic (exact) mass is 303 g/mol. The SMILES string of the molecule is CCOC(=O)c1ccc(N)c(Sc2nc(C)cc(C)n2)c1. The number of anilines is 1. The largest absolute Gasteiger partial charge is 0.462 e. The van der Waals surface area contributed by atoms with Gasteiger partial charge in [0.2, 0.25) is 0 Å². The number of carbonyl (C=O) groups excluding carboxylic acids is 1. The van der Waals surface area contributed by atoms with Crippen molar-refractivity contribution in [2.24, 2.45) is 0 Å². The number of rotatable bonds is 4. The van der Waals surface area contributed by atoms with E-state index in [0.29, 0.717) is 23.0 Å². The van der Waals surface area contributed by atoms with E-state index < -0.39 is 0 Å². The third kappa shape index (κ3) is 3.95. The van der Waals surface area contributed by atoms with Crippen LogP contribution in [0.2, 0.25) is 0 Å². The number of nitrogens with two attached hydrogens (primary N) is 1. The van der Waals surface area contributed by atoms with E-state index in [0.717, 1.165) is 16.3 Å². The van der Waals surface area contributed by atoms with Crippen molar-refractivity contribution in [2.75, 3.05) is 12.3 Å². The maximum atomic E-state index is 11.8. The highest BCUT2D eigenvalue weighted by Crippen LogP contribution is 2.31. The van der Waals surface area contributed by atoms with Gasteiger partial charge in [0.1, 0.15) is 0 Å². The Morgan fingerprint density at radius 2 is 1.90 bits per heavy atom. The molecule has 6 heteroatoms. The molecule has 1 aromatic heterocycles. The predicted octanol–water partition coefficient (Wildman–Crippen LogP) is 3.00. The van der Waals surface area contributed by atoms with Gasteiger partial charge < -0.3 is 10.5 Å². The molecule has 0 aliphatic carbocycles. The fourth-order valence-corrected chi connectivity index (χ4v) is 2.75. The van der Waals surface area contributed by atoms with E-state index in [4.69, 9.17) is 10.5 Å². The molecule has 0 bridgehead atoms. The maximum absolute atomic E-state index is 11.8. The Balaban J connectivity index is 2.30. The molecule has 2 aromatic rings. The molecule has 0 atom stereocenters. The fourth-order valence-electron chi connectivity index (χ4n) is 1.80. The summed E-state index contributed by atoms with van der Waals surface area (Å²) >= 11 is 1.34. The predicted molar refractivity (Wildman–Crippen MR) is 82.4 cm³/mol. The minimum absolute atomic E-state index is 0.339. The lowest BCUT2D eigenvalue weighted by Gasteiger charge is -2.08. The first-order valence-electron chi connectivity index (χ1n) is 6.56. The van der Waals surface area contributed by atoms with Crippen LogP contribution < -0.4 is 5.73 Å². The molecule has 0 fully saturated rings. The van der Waals surface area contributed by atoms with Crippen LogP contribution >= 0.6 is 11.8 Å². The average Bonchev–Trinajstić information content (AvgIpc) is 2.40. The summed E-state index contributed by atoms with van der Waals surface area (Å²) in [5, 5.41) is 0.611. The van der Waals surface area contributed by atoms with Gasteiger partial charge in [-0.25, -0.2) is 14.8 Å². The quantitative estimate of drug-likeness (QED) is 0.531. The number of benzene rings is 1. The summed E-state index contributed by atoms with van der Waals surface area (Å²) in [7, 11) is 0. The van der Waals surface area contributed by atoms with Crippen LogP contribution in [0.15, 0.2) is 34.3 Å². The molecule has 110 valence electrons. The molecule has 1 heterocycles. The molecule has 0 radical (unpaired) electrons. The number of carbonyl (C=O) groups is 1. The van der Waals surface area contributed by atoms with Gasteiger partial charge >= 0.3 is 5.97 Å². The smallest absolute Gasteiger partial charge is 0.338 e. The first-order chi connectivity index (χ1) is 9.99. The fraction of sp³-hybridized carbons (Fsp3) is 0.267. The number of esters is 1. The number of aryl methyl sites for hydroxylation is 2. The molecule has 0 amide bonds. The minimum atomic E-state index is -0.360. The molecule has 2 N–H and O–H groups in total. The van der Waals surface area contributed by atoms with E-state index >= 15 is 0 Å². The van der Waals surface area contributed by atoms with Gasteiger partial charge in [-0.2, -0.15) is 0 Å². The topological polar surface area (TPSA) is 78.1 Å². The number of hydrogen-bond donors (Lipinski definition) is 1. The van der Waals surface area contributed by atoms with Crippen molar-refractivity contribution in [1.29, 1.82) is 0 Å². The standard InChI is InChI=1S/C15H17N3O2S/c1-4-20-14(19)11-5-6-12(16)13(8-11)21-15-17-9(2)7-10(3)18-15/h5-8H,4,16H2,1-3H3. The molecule has 5 nitrogen and oxygen atoms in total. The minimum Gasteiger partial charge on any atom is -0.462 e. The number of nitrogens with zero attached hydrogens (tertiary/aromatic N) is 2.